The summed E-state index contributed by atoms with van der Waals surface area (Å²) >= 11 is 17.1. The van der Waals surface area contributed by atoms with Gasteiger partial charge in [0.2, 0.25) is 3.79 Å². The van der Waals surface area contributed by atoms with Crippen LogP contribution in [0.5, 0.6) is 0 Å². The molecule has 3 rings (SSSR count). The van der Waals surface area contributed by atoms with Gasteiger partial charge in [0.05, 0.1) is 39.5 Å². The third-order valence-electron chi connectivity index (χ3n) is 5.90. The third-order valence-corrected chi connectivity index (χ3v) is 6.22. The van der Waals surface area contributed by atoms with E-state index in [1.54, 1.807) is 6.92 Å². The van der Waals surface area contributed by atoms with E-state index in [0.717, 1.165) is 11.1 Å². The predicted octanol–water partition coefficient (Wildman–Crippen LogP) is 4.31. The largest absolute Gasteiger partial charge is 0.466 e. The van der Waals surface area contributed by atoms with Crippen molar-refractivity contribution in [2.24, 2.45) is 0 Å². The molecule has 226 valence electrons. The minimum absolute atomic E-state index is 0.0105. The molecule has 41 heavy (non-hydrogen) atoms. The van der Waals surface area contributed by atoms with Crippen LogP contribution in [0, 0.1) is 0 Å². The van der Waals surface area contributed by atoms with Crippen LogP contribution in [-0.2, 0) is 46.4 Å². The maximum absolute atomic E-state index is 12.7. The molecule has 2 N–H and O–H groups in total. The summed E-state index contributed by atoms with van der Waals surface area (Å²) in [6, 6.07) is 17.7. The van der Waals surface area contributed by atoms with Gasteiger partial charge in [-0.1, -0.05) is 95.5 Å². The normalized spacial score (nSPS) is 22.6. The lowest BCUT2D eigenvalue weighted by Gasteiger charge is -2.44. The van der Waals surface area contributed by atoms with Gasteiger partial charge in [0, 0.05) is 0 Å². The molecular weight excluding hydrogens is 601 g/mol. The first-order valence-corrected chi connectivity index (χ1v) is 14.2. The van der Waals surface area contributed by atoms with Crippen molar-refractivity contribution < 1.29 is 43.1 Å². The van der Waals surface area contributed by atoms with Gasteiger partial charge in [-0.25, -0.2) is 4.79 Å². The number of aliphatic hydroxyl groups is 1. The van der Waals surface area contributed by atoms with Crippen LogP contribution < -0.4 is 5.32 Å². The first kappa shape index (κ1) is 33.4. The number of esters is 1. The molecule has 0 unspecified atom stereocenters. The number of carbonyl (C=O) groups excluding carboxylic acids is 2. The van der Waals surface area contributed by atoms with Crippen LogP contribution in [-0.4, -0.2) is 78.0 Å². The van der Waals surface area contributed by atoms with Gasteiger partial charge < -0.3 is 38.8 Å². The van der Waals surface area contributed by atoms with Crippen LogP contribution in [0.3, 0.4) is 0 Å². The Balaban J connectivity index is 1.77. The van der Waals surface area contributed by atoms with Crippen molar-refractivity contribution in [2.45, 2.75) is 61.0 Å². The number of amides is 1. The Morgan fingerprint density at radius 2 is 1.59 bits per heavy atom. The lowest BCUT2D eigenvalue weighted by atomic mass is 9.96. The van der Waals surface area contributed by atoms with E-state index in [1.165, 1.54) is 0 Å². The van der Waals surface area contributed by atoms with E-state index in [9.17, 15) is 14.7 Å². The van der Waals surface area contributed by atoms with Gasteiger partial charge in [0.15, 0.2) is 6.29 Å². The van der Waals surface area contributed by atoms with Gasteiger partial charge in [-0.05, 0) is 18.1 Å². The molecule has 1 amide bonds. The molecule has 0 aliphatic carbocycles. The fourth-order valence-corrected chi connectivity index (χ4v) is 4.17. The minimum atomic E-state index is -1.83. The SMILES string of the molecule is CCOC(=O)CCO[C@H]1[C@H](O)[C@@H](COCc2ccccc2)O[C@H](OCc2ccccc2)[C@@H]1NC(=O)OCC(Cl)(Cl)Cl. The number of nitrogens with one attached hydrogen (secondary N) is 1. The van der Waals surface area contributed by atoms with Crippen molar-refractivity contribution in [3.05, 3.63) is 71.8 Å². The maximum Gasteiger partial charge on any atom is 0.407 e. The zero-order valence-electron chi connectivity index (χ0n) is 22.5. The van der Waals surface area contributed by atoms with E-state index >= 15 is 0 Å². The summed E-state index contributed by atoms with van der Waals surface area (Å²) in [5, 5.41) is 13.9. The smallest absolute Gasteiger partial charge is 0.407 e. The fourth-order valence-electron chi connectivity index (χ4n) is 4.01. The topological polar surface area (TPSA) is 122 Å². The molecule has 0 saturated carbocycles. The number of aliphatic hydroxyl groups excluding tert-OH is 1. The number of alkyl halides is 3. The summed E-state index contributed by atoms with van der Waals surface area (Å²) in [7, 11) is 0. The summed E-state index contributed by atoms with van der Waals surface area (Å²) < 4.78 is 32.1. The van der Waals surface area contributed by atoms with Crippen LogP contribution in [0.25, 0.3) is 0 Å². The monoisotopic (exact) mass is 633 g/mol. The average molecular weight is 635 g/mol. The van der Waals surface area contributed by atoms with Crippen molar-refractivity contribution in [3.8, 4) is 0 Å². The Kier molecular flexibility index (Phi) is 13.9. The first-order valence-electron chi connectivity index (χ1n) is 13.0. The van der Waals surface area contributed by atoms with Crippen LogP contribution in [0.1, 0.15) is 24.5 Å². The molecule has 1 fully saturated rings. The summed E-state index contributed by atoms with van der Waals surface area (Å²) in [6.07, 6.45) is -5.43. The zero-order chi connectivity index (χ0) is 29.7. The van der Waals surface area contributed by atoms with Crippen molar-refractivity contribution in [1.29, 1.82) is 0 Å². The first-order chi connectivity index (χ1) is 19.7. The van der Waals surface area contributed by atoms with Crippen molar-refractivity contribution >= 4 is 46.9 Å². The van der Waals surface area contributed by atoms with E-state index in [1.807, 2.05) is 60.7 Å². The molecule has 2 aromatic rings. The number of rotatable bonds is 14. The Labute approximate surface area is 254 Å². The number of alkyl carbamates (subject to hydrolysis) is 1. The van der Waals surface area contributed by atoms with Crippen LogP contribution >= 0.6 is 34.8 Å². The second-order valence-corrected chi connectivity index (χ2v) is 11.6. The molecule has 13 heteroatoms. The standard InChI is InChI=1S/C28H34Cl3NO9/c1-2-37-22(33)13-14-38-25-23(32-27(35)40-18-28(29,30)31)26(39-16-20-11-7-4-8-12-20)41-21(24(25)34)17-36-15-19-9-5-3-6-10-19/h3-12,21,23-26,34H,2,13-18H2,1H3,(H,32,35)/t21-,23-,24-,25-,26+/m1/s1. The fraction of sp³-hybridized carbons (Fsp3) is 0.500. The van der Waals surface area contributed by atoms with Crippen LogP contribution in [0.2, 0.25) is 0 Å². The molecule has 0 aromatic heterocycles. The Hall–Kier alpha value is -2.15. The molecule has 1 aliphatic rings. The molecule has 1 heterocycles. The number of benzene rings is 2. The lowest BCUT2D eigenvalue weighted by Crippen LogP contribution is -2.65. The second kappa shape index (κ2) is 17.1. The highest BCUT2D eigenvalue weighted by molar-refractivity contribution is 6.67. The molecular formula is C28H34Cl3NO9. The van der Waals surface area contributed by atoms with E-state index in [2.05, 4.69) is 5.32 Å². The van der Waals surface area contributed by atoms with Crippen LogP contribution in [0.15, 0.2) is 60.7 Å². The molecule has 0 bridgehead atoms. The van der Waals surface area contributed by atoms with Crippen molar-refractivity contribution in [3.63, 3.8) is 0 Å². The molecule has 2 aromatic carbocycles. The van der Waals surface area contributed by atoms with E-state index in [-0.39, 0.29) is 39.5 Å². The number of halogens is 3. The molecule has 0 spiro atoms. The molecule has 5 atom stereocenters. The minimum Gasteiger partial charge on any atom is -0.466 e. The summed E-state index contributed by atoms with van der Waals surface area (Å²) in [5.74, 6) is -0.472. The molecule has 1 saturated heterocycles. The van der Waals surface area contributed by atoms with Gasteiger partial charge in [-0.3, -0.25) is 4.79 Å². The number of carbonyl (C=O) groups is 2. The zero-order valence-corrected chi connectivity index (χ0v) is 24.7. The molecule has 10 nitrogen and oxygen atoms in total. The highest BCUT2D eigenvalue weighted by atomic mass is 35.6. The van der Waals surface area contributed by atoms with Gasteiger partial charge >= 0.3 is 12.1 Å². The highest BCUT2D eigenvalue weighted by Crippen LogP contribution is 2.28. The summed E-state index contributed by atoms with van der Waals surface area (Å²) in [5.41, 5.74) is 1.78. The molecule has 0 radical (unpaired) electrons. The van der Waals surface area contributed by atoms with E-state index in [4.69, 9.17) is 63.2 Å². The third kappa shape index (κ3) is 11.9. The lowest BCUT2D eigenvalue weighted by molar-refractivity contribution is -0.282. The van der Waals surface area contributed by atoms with Gasteiger partial charge in [-0.2, -0.15) is 0 Å². The summed E-state index contributed by atoms with van der Waals surface area (Å²) in [6.45, 7) is 1.67. The van der Waals surface area contributed by atoms with Gasteiger partial charge in [-0.15, -0.1) is 0 Å². The predicted molar refractivity (Wildman–Crippen MR) is 152 cm³/mol. The maximum atomic E-state index is 12.7. The van der Waals surface area contributed by atoms with E-state index < -0.39 is 53.1 Å². The quantitative estimate of drug-likeness (QED) is 0.231. The summed E-state index contributed by atoms with van der Waals surface area (Å²) in [4.78, 5) is 24.6. The second-order valence-electron chi connectivity index (χ2n) is 9.08. The van der Waals surface area contributed by atoms with Crippen LogP contribution in [0.4, 0.5) is 4.79 Å². The van der Waals surface area contributed by atoms with Gasteiger partial charge in [0.1, 0.15) is 31.0 Å². The average Bonchev–Trinajstić information content (AvgIpc) is 2.95. The number of ether oxygens (including phenoxy) is 6. The Morgan fingerprint density at radius 1 is 0.951 bits per heavy atom. The number of hydrogen-bond acceptors (Lipinski definition) is 9. The number of hydrogen-bond donors (Lipinski definition) is 2. The Morgan fingerprint density at radius 3 is 2.20 bits per heavy atom. The molecule has 1 aliphatic heterocycles. The highest BCUT2D eigenvalue weighted by Gasteiger charge is 2.48. The van der Waals surface area contributed by atoms with Crippen molar-refractivity contribution in [2.75, 3.05) is 26.4 Å². The Bertz CT molecular complexity index is 1060. The van der Waals surface area contributed by atoms with Crippen molar-refractivity contribution in [1.82, 2.24) is 5.32 Å². The van der Waals surface area contributed by atoms with E-state index in [0.29, 0.717) is 0 Å². The van der Waals surface area contributed by atoms with Gasteiger partial charge in [0.25, 0.3) is 0 Å².